The molecule has 78 valence electrons. The molecule has 0 saturated heterocycles. The first-order valence-corrected chi connectivity index (χ1v) is 6.31. The minimum Gasteiger partial charge on any atom is -0.276 e. The van der Waals surface area contributed by atoms with Gasteiger partial charge in [0.05, 0.1) is 6.20 Å². The largest absolute Gasteiger partial charge is 0.276 e. The number of hydrogen-bond donors (Lipinski definition) is 0. The van der Waals surface area contributed by atoms with Crippen molar-refractivity contribution in [3.63, 3.8) is 0 Å². The molecular formula is C11H17BrN2. The second-order valence-corrected chi connectivity index (χ2v) is 5.38. The summed E-state index contributed by atoms with van der Waals surface area (Å²) in [5, 5.41) is 4.25. The van der Waals surface area contributed by atoms with Gasteiger partial charge in [-0.05, 0) is 24.3 Å². The van der Waals surface area contributed by atoms with E-state index in [9.17, 15) is 0 Å². The van der Waals surface area contributed by atoms with Crippen LogP contribution in [0.1, 0.15) is 43.6 Å². The number of rotatable bonds is 1. The van der Waals surface area contributed by atoms with Crippen LogP contribution in [0.2, 0.25) is 0 Å². The van der Waals surface area contributed by atoms with Gasteiger partial charge < -0.3 is 0 Å². The van der Waals surface area contributed by atoms with E-state index in [0.717, 1.165) is 0 Å². The van der Waals surface area contributed by atoms with Gasteiger partial charge in [0.25, 0.3) is 0 Å². The van der Waals surface area contributed by atoms with E-state index in [2.05, 4.69) is 27.2 Å². The van der Waals surface area contributed by atoms with Gasteiger partial charge in [-0.15, -0.1) is 0 Å². The summed E-state index contributed by atoms with van der Waals surface area (Å²) in [6, 6.07) is 0. The Labute approximate surface area is 93.8 Å². The van der Waals surface area contributed by atoms with E-state index in [1.54, 1.807) is 0 Å². The van der Waals surface area contributed by atoms with Gasteiger partial charge in [-0.3, -0.25) is 4.68 Å². The Morgan fingerprint density at radius 2 is 2.14 bits per heavy atom. The molecule has 2 nitrogen and oxygen atoms in total. The Balaban J connectivity index is 2.14. The number of halogens is 1. The number of nitrogens with zero attached hydrogens (tertiary/aromatic N) is 2. The van der Waals surface area contributed by atoms with Gasteiger partial charge in [0.2, 0.25) is 0 Å². The molecule has 1 heterocycles. The lowest BCUT2D eigenvalue weighted by molar-refractivity contribution is 0.611. The first-order chi connectivity index (χ1) is 6.77. The molecule has 1 aliphatic rings. The molecule has 0 N–H and O–H groups in total. The van der Waals surface area contributed by atoms with Crippen LogP contribution in [0, 0.1) is 0 Å². The van der Waals surface area contributed by atoms with Crippen LogP contribution in [0.15, 0.2) is 12.4 Å². The Kier molecular flexibility index (Phi) is 3.26. The highest BCUT2D eigenvalue weighted by atomic mass is 79.9. The van der Waals surface area contributed by atoms with Crippen molar-refractivity contribution < 1.29 is 0 Å². The Hall–Kier alpha value is -0.310. The van der Waals surface area contributed by atoms with Crippen molar-refractivity contribution in [2.45, 2.75) is 42.8 Å². The van der Waals surface area contributed by atoms with Crippen molar-refractivity contribution in [3.05, 3.63) is 18.0 Å². The third-order valence-electron chi connectivity index (χ3n) is 3.08. The SMILES string of the molecule is Cn1cc(C2CCCCCC2Br)cn1. The van der Waals surface area contributed by atoms with Crippen LogP contribution >= 0.6 is 15.9 Å². The molecule has 2 rings (SSSR count). The lowest BCUT2D eigenvalue weighted by atomic mass is 9.94. The van der Waals surface area contributed by atoms with E-state index >= 15 is 0 Å². The molecule has 14 heavy (non-hydrogen) atoms. The zero-order valence-electron chi connectivity index (χ0n) is 8.62. The van der Waals surface area contributed by atoms with E-state index in [4.69, 9.17) is 0 Å². The molecule has 1 aromatic heterocycles. The summed E-state index contributed by atoms with van der Waals surface area (Å²) in [6.07, 6.45) is 10.9. The molecule has 2 unspecified atom stereocenters. The van der Waals surface area contributed by atoms with Crippen LogP contribution < -0.4 is 0 Å². The summed E-state index contributed by atoms with van der Waals surface area (Å²) in [5.41, 5.74) is 1.40. The smallest absolute Gasteiger partial charge is 0.0524 e. The molecule has 0 bridgehead atoms. The van der Waals surface area contributed by atoms with Crippen molar-refractivity contribution >= 4 is 15.9 Å². The van der Waals surface area contributed by atoms with E-state index in [0.29, 0.717) is 10.7 Å². The average Bonchev–Trinajstić information content (AvgIpc) is 2.46. The molecule has 3 heteroatoms. The maximum absolute atomic E-state index is 4.25. The summed E-state index contributed by atoms with van der Waals surface area (Å²) in [6.45, 7) is 0. The van der Waals surface area contributed by atoms with Crippen LogP contribution in [-0.2, 0) is 7.05 Å². The first-order valence-electron chi connectivity index (χ1n) is 5.40. The summed E-state index contributed by atoms with van der Waals surface area (Å²) >= 11 is 3.81. The predicted octanol–water partition coefficient (Wildman–Crippen LogP) is 3.23. The molecule has 1 fully saturated rings. The van der Waals surface area contributed by atoms with Crippen LogP contribution in [0.5, 0.6) is 0 Å². The maximum atomic E-state index is 4.25. The molecule has 0 aliphatic heterocycles. The quantitative estimate of drug-likeness (QED) is 0.558. The van der Waals surface area contributed by atoms with Crippen LogP contribution in [0.3, 0.4) is 0 Å². The zero-order valence-corrected chi connectivity index (χ0v) is 10.2. The second kappa shape index (κ2) is 4.47. The van der Waals surface area contributed by atoms with Crippen molar-refractivity contribution in [1.29, 1.82) is 0 Å². The fourth-order valence-corrected chi connectivity index (χ4v) is 3.16. The number of hydrogen-bond acceptors (Lipinski definition) is 1. The van der Waals surface area contributed by atoms with E-state index < -0.39 is 0 Å². The summed E-state index contributed by atoms with van der Waals surface area (Å²) in [4.78, 5) is 0.647. The van der Waals surface area contributed by atoms with E-state index in [1.807, 2.05) is 17.9 Å². The van der Waals surface area contributed by atoms with E-state index in [-0.39, 0.29) is 0 Å². The van der Waals surface area contributed by atoms with Gasteiger partial charge in [0.15, 0.2) is 0 Å². The molecule has 2 atom stereocenters. The summed E-state index contributed by atoms with van der Waals surface area (Å²) in [5.74, 6) is 0.672. The van der Waals surface area contributed by atoms with Crippen LogP contribution in [-0.4, -0.2) is 14.6 Å². The van der Waals surface area contributed by atoms with Crippen molar-refractivity contribution in [1.82, 2.24) is 9.78 Å². The van der Waals surface area contributed by atoms with E-state index in [1.165, 1.54) is 37.7 Å². The fourth-order valence-electron chi connectivity index (χ4n) is 2.27. The highest BCUT2D eigenvalue weighted by Gasteiger charge is 2.23. The van der Waals surface area contributed by atoms with Crippen molar-refractivity contribution in [3.8, 4) is 0 Å². The minimum atomic E-state index is 0.647. The average molecular weight is 257 g/mol. The third-order valence-corrected chi connectivity index (χ3v) is 4.18. The molecule has 0 radical (unpaired) electrons. The molecule has 1 aromatic rings. The lowest BCUT2D eigenvalue weighted by Crippen LogP contribution is -2.09. The van der Waals surface area contributed by atoms with Crippen molar-refractivity contribution in [2.24, 2.45) is 7.05 Å². The second-order valence-electron chi connectivity index (χ2n) is 4.21. The standard InChI is InChI=1S/C11H17BrN2/c1-14-8-9(7-13-14)10-5-3-2-4-6-11(10)12/h7-8,10-11H,2-6H2,1H3. The molecular weight excluding hydrogens is 240 g/mol. The molecule has 0 aromatic carbocycles. The summed E-state index contributed by atoms with van der Waals surface area (Å²) in [7, 11) is 1.99. The zero-order chi connectivity index (χ0) is 9.97. The summed E-state index contributed by atoms with van der Waals surface area (Å²) < 4.78 is 1.90. The van der Waals surface area contributed by atoms with Crippen LogP contribution in [0.4, 0.5) is 0 Å². The number of alkyl halides is 1. The van der Waals surface area contributed by atoms with Gasteiger partial charge in [-0.2, -0.15) is 5.10 Å². The normalized spacial score (nSPS) is 28.7. The molecule has 0 amide bonds. The van der Waals surface area contributed by atoms with Gasteiger partial charge in [0.1, 0.15) is 0 Å². The highest BCUT2D eigenvalue weighted by Crippen LogP contribution is 2.35. The third kappa shape index (κ3) is 2.19. The molecule has 1 aliphatic carbocycles. The maximum Gasteiger partial charge on any atom is 0.0524 e. The van der Waals surface area contributed by atoms with Crippen LogP contribution in [0.25, 0.3) is 0 Å². The minimum absolute atomic E-state index is 0.647. The number of aryl methyl sites for hydroxylation is 1. The number of aromatic nitrogens is 2. The Bertz CT molecular complexity index is 295. The van der Waals surface area contributed by atoms with Gasteiger partial charge in [0, 0.05) is 18.1 Å². The van der Waals surface area contributed by atoms with Gasteiger partial charge >= 0.3 is 0 Å². The molecule has 1 saturated carbocycles. The Morgan fingerprint density at radius 1 is 1.36 bits per heavy atom. The lowest BCUT2D eigenvalue weighted by Gasteiger charge is -2.17. The van der Waals surface area contributed by atoms with Crippen molar-refractivity contribution in [2.75, 3.05) is 0 Å². The fraction of sp³-hybridized carbons (Fsp3) is 0.727. The van der Waals surface area contributed by atoms with Gasteiger partial charge in [-0.1, -0.05) is 35.2 Å². The predicted molar refractivity (Wildman–Crippen MR) is 61.7 cm³/mol. The first kappa shape index (κ1) is 10.2. The topological polar surface area (TPSA) is 17.8 Å². The molecule has 0 spiro atoms. The van der Waals surface area contributed by atoms with Gasteiger partial charge in [-0.25, -0.2) is 0 Å². The monoisotopic (exact) mass is 256 g/mol. The Morgan fingerprint density at radius 3 is 2.86 bits per heavy atom. The highest BCUT2D eigenvalue weighted by molar-refractivity contribution is 9.09.